The summed E-state index contributed by atoms with van der Waals surface area (Å²) in [7, 11) is -3.79. The molecule has 3 aromatic rings. The van der Waals surface area contributed by atoms with Crippen LogP contribution in [0, 0.1) is 5.82 Å². The maximum Gasteiger partial charge on any atom is 0.243 e. The van der Waals surface area contributed by atoms with Crippen molar-refractivity contribution in [1.29, 1.82) is 0 Å². The van der Waals surface area contributed by atoms with Crippen LogP contribution in [0.5, 0.6) is 0 Å². The normalized spacial score (nSPS) is 15.2. The number of sulfonamides is 1. The van der Waals surface area contributed by atoms with Crippen molar-refractivity contribution < 1.29 is 17.6 Å². The Kier molecular flexibility index (Phi) is 6.63. The number of carbonyl (C=O) groups excluding carboxylic acids is 1. The van der Waals surface area contributed by atoms with Crippen molar-refractivity contribution >= 4 is 38.7 Å². The van der Waals surface area contributed by atoms with Crippen molar-refractivity contribution in [1.82, 2.24) is 18.8 Å². The van der Waals surface area contributed by atoms with Crippen LogP contribution in [0.15, 0.2) is 71.2 Å². The number of imidazole rings is 1. The van der Waals surface area contributed by atoms with E-state index in [2.05, 4.69) is 11.6 Å². The number of halogens is 1. The lowest BCUT2D eigenvalue weighted by molar-refractivity contribution is -0.129. The Bertz CT molecular complexity index is 1250. The minimum Gasteiger partial charge on any atom is -0.339 e. The van der Waals surface area contributed by atoms with Gasteiger partial charge in [-0.15, -0.1) is 6.58 Å². The fourth-order valence-corrected chi connectivity index (χ4v) is 6.02. The minimum atomic E-state index is -3.79. The first-order chi connectivity index (χ1) is 15.4. The van der Waals surface area contributed by atoms with Crippen molar-refractivity contribution in [3.63, 3.8) is 0 Å². The molecule has 1 aromatic heterocycles. The third-order valence-electron chi connectivity index (χ3n) is 5.28. The number of fused-ring (bicyclic) bond motifs is 1. The molecule has 1 fully saturated rings. The molecule has 0 atom stereocenters. The number of para-hydroxylation sites is 2. The second-order valence-electron chi connectivity index (χ2n) is 7.31. The quantitative estimate of drug-likeness (QED) is 0.389. The molecule has 168 valence electrons. The number of piperazine rings is 1. The molecule has 1 aliphatic heterocycles. The third-order valence-corrected chi connectivity index (χ3v) is 8.14. The lowest BCUT2D eigenvalue weighted by Gasteiger charge is -2.34. The van der Waals surface area contributed by atoms with Gasteiger partial charge >= 0.3 is 0 Å². The highest BCUT2D eigenvalue weighted by atomic mass is 32.2. The number of allylic oxidation sites excluding steroid dienone is 1. The second kappa shape index (κ2) is 9.43. The zero-order valence-electron chi connectivity index (χ0n) is 17.4. The molecule has 10 heteroatoms. The summed E-state index contributed by atoms with van der Waals surface area (Å²) >= 11 is 1.36. The van der Waals surface area contributed by atoms with Crippen molar-refractivity contribution in [3.05, 3.63) is 67.0 Å². The van der Waals surface area contributed by atoms with E-state index in [1.807, 2.05) is 28.8 Å². The van der Waals surface area contributed by atoms with Crippen LogP contribution < -0.4 is 0 Å². The highest BCUT2D eigenvalue weighted by Crippen LogP contribution is 2.25. The Hall–Kier alpha value is -2.69. The Morgan fingerprint density at radius 1 is 1.12 bits per heavy atom. The molecule has 32 heavy (non-hydrogen) atoms. The number of hydrogen-bond donors (Lipinski definition) is 0. The zero-order valence-corrected chi connectivity index (χ0v) is 19.0. The highest BCUT2D eigenvalue weighted by Gasteiger charge is 2.30. The zero-order chi connectivity index (χ0) is 22.7. The number of hydrogen-bond acceptors (Lipinski definition) is 5. The first kappa shape index (κ1) is 22.5. The number of amides is 1. The largest absolute Gasteiger partial charge is 0.339 e. The van der Waals surface area contributed by atoms with Crippen LogP contribution in [0.1, 0.15) is 0 Å². The average Bonchev–Trinajstić information content (AvgIpc) is 3.15. The van der Waals surface area contributed by atoms with Crippen LogP contribution in [0.2, 0.25) is 0 Å². The van der Waals surface area contributed by atoms with Gasteiger partial charge in [-0.2, -0.15) is 4.31 Å². The summed E-state index contributed by atoms with van der Waals surface area (Å²) in [5.41, 5.74) is 1.85. The first-order valence-corrected chi connectivity index (χ1v) is 12.5. The summed E-state index contributed by atoms with van der Waals surface area (Å²) in [6.45, 7) is 5.31. The smallest absolute Gasteiger partial charge is 0.243 e. The van der Waals surface area contributed by atoms with Crippen molar-refractivity contribution in [2.24, 2.45) is 0 Å². The van der Waals surface area contributed by atoms with Gasteiger partial charge in [0, 0.05) is 32.7 Å². The molecule has 1 aliphatic rings. The lowest BCUT2D eigenvalue weighted by Crippen LogP contribution is -2.51. The van der Waals surface area contributed by atoms with Crippen molar-refractivity contribution in [2.45, 2.75) is 16.6 Å². The van der Waals surface area contributed by atoms with E-state index in [0.717, 1.165) is 22.3 Å². The summed E-state index contributed by atoms with van der Waals surface area (Å²) < 4.78 is 42.3. The molecule has 1 amide bonds. The molecule has 0 radical (unpaired) electrons. The first-order valence-electron chi connectivity index (χ1n) is 10.1. The Morgan fingerprint density at radius 3 is 2.59 bits per heavy atom. The third kappa shape index (κ3) is 4.57. The molecule has 0 spiro atoms. The van der Waals surface area contributed by atoms with Crippen molar-refractivity contribution in [2.75, 3.05) is 31.9 Å². The molecule has 0 saturated carbocycles. The molecule has 7 nitrogen and oxygen atoms in total. The molecule has 2 heterocycles. The van der Waals surface area contributed by atoms with Crippen LogP contribution in [0.3, 0.4) is 0 Å². The second-order valence-corrected chi connectivity index (χ2v) is 10.2. The van der Waals surface area contributed by atoms with Gasteiger partial charge in [0.1, 0.15) is 5.82 Å². The molecular formula is C22H23FN4O3S2. The van der Waals surface area contributed by atoms with Gasteiger partial charge in [-0.05, 0) is 30.3 Å². The fourth-order valence-electron chi connectivity index (χ4n) is 3.64. The average molecular weight is 475 g/mol. The molecule has 0 bridgehead atoms. The number of nitrogens with zero attached hydrogens (tertiary/aromatic N) is 4. The van der Waals surface area contributed by atoms with Crippen LogP contribution in [-0.2, 0) is 21.4 Å². The van der Waals surface area contributed by atoms with Crippen LogP contribution in [0.4, 0.5) is 4.39 Å². The standard InChI is InChI=1S/C22H23FN4O3S2/c1-2-10-27-20-9-4-3-8-19(20)24-22(27)31-16-21(28)25-11-13-26(14-12-25)32(29,30)18-7-5-6-17(23)15-18/h2-9,15H,1,10-14,16H2. The SMILES string of the molecule is C=CCn1c(SCC(=O)N2CCN(S(=O)(=O)c3cccc(F)c3)CC2)nc2ccccc21. The Labute approximate surface area is 190 Å². The monoisotopic (exact) mass is 474 g/mol. The Morgan fingerprint density at radius 2 is 1.88 bits per heavy atom. The Balaban J connectivity index is 1.38. The summed E-state index contributed by atoms with van der Waals surface area (Å²) in [6, 6.07) is 12.7. The number of rotatable bonds is 7. The van der Waals surface area contributed by atoms with E-state index in [0.29, 0.717) is 6.54 Å². The van der Waals surface area contributed by atoms with Gasteiger partial charge in [0.25, 0.3) is 0 Å². The molecule has 1 saturated heterocycles. The maximum atomic E-state index is 13.5. The van der Waals surface area contributed by atoms with Gasteiger partial charge in [0.2, 0.25) is 15.9 Å². The van der Waals surface area contributed by atoms with Gasteiger partial charge in [0.05, 0.1) is 21.7 Å². The molecule has 0 aliphatic carbocycles. The maximum absolute atomic E-state index is 13.5. The van der Waals surface area contributed by atoms with Gasteiger partial charge in [-0.3, -0.25) is 4.79 Å². The predicted octanol–water partition coefficient (Wildman–Crippen LogP) is 2.99. The summed E-state index contributed by atoms with van der Waals surface area (Å²) in [6.07, 6.45) is 1.79. The van der Waals surface area contributed by atoms with Crippen LogP contribution in [0.25, 0.3) is 11.0 Å². The predicted molar refractivity (Wildman–Crippen MR) is 122 cm³/mol. The van der Waals surface area contributed by atoms with Gasteiger partial charge in [-0.1, -0.05) is 36.0 Å². The molecular weight excluding hydrogens is 451 g/mol. The van der Waals surface area contributed by atoms with Gasteiger partial charge < -0.3 is 9.47 Å². The molecule has 0 unspecified atom stereocenters. The number of thioether (sulfide) groups is 1. The minimum absolute atomic E-state index is 0.0741. The summed E-state index contributed by atoms with van der Waals surface area (Å²) in [5, 5.41) is 0.742. The van der Waals surface area contributed by atoms with E-state index in [1.54, 1.807) is 11.0 Å². The van der Waals surface area contributed by atoms with E-state index in [-0.39, 0.29) is 42.7 Å². The topological polar surface area (TPSA) is 75.5 Å². The number of aromatic nitrogens is 2. The van der Waals surface area contributed by atoms with E-state index in [1.165, 1.54) is 34.3 Å². The van der Waals surface area contributed by atoms with Crippen molar-refractivity contribution in [3.8, 4) is 0 Å². The summed E-state index contributed by atoms with van der Waals surface area (Å²) in [4.78, 5) is 19.0. The van der Waals surface area contributed by atoms with Gasteiger partial charge in [-0.25, -0.2) is 17.8 Å². The molecule has 2 aromatic carbocycles. The number of carbonyl (C=O) groups is 1. The van der Waals surface area contributed by atoms with Crippen LogP contribution >= 0.6 is 11.8 Å². The fraction of sp³-hybridized carbons (Fsp3) is 0.273. The molecule has 4 rings (SSSR count). The van der Waals surface area contributed by atoms with E-state index >= 15 is 0 Å². The van der Waals surface area contributed by atoms with Gasteiger partial charge in [0.15, 0.2) is 5.16 Å². The van der Waals surface area contributed by atoms with E-state index in [4.69, 9.17) is 0 Å². The highest BCUT2D eigenvalue weighted by molar-refractivity contribution is 7.99. The van der Waals surface area contributed by atoms with E-state index in [9.17, 15) is 17.6 Å². The number of benzene rings is 2. The molecule has 0 N–H and O–H groups in total. The van der Waals surface area contributed by atoms with E-state index < -0.39 is 15.8 Å². The van der Waals surface area contributed by atoms with Crippen LogP contribution in [-0.4, -0.2) is 65.0 Å². The lowest BCUT2D eigenvalue weighted by atomic mass is 10.3. The summed E-state index contributed by atoms with van der Waals surface area (Å²) in [5.74, 6) is -0.466.